The second-order valence-electron chi connectivity index (χ2n) is 7.61. The molecule has 0 radical (unpaired) electrons. The Morgan fingerprint density at radius 1 is 0.769 bits per heavy atom. The van der Waals surface area contributed by atoms with E-state index in [0.29, 0.717) is 0 Å². The van der Waals surface area contributed by atoms with E-state index in [2.05, 4.69) is 54.7 Å². The second kappa shape index (κ2) is 13.6. The Bertz CT molecular complexity index is 365. The van der Waals surface area contributed by atoms with Crippen LogP contribution in [0, 0.1) is 0 Å². The molecule has 1 rings (SSSR count). The first-order valence-corrected chi connectivity index (χ1v) is 11.3. The first-order chi connectivity index (χ1) is 12.7. The van der Waals surface area contributed by atoms with E-state index in [4.69, 9.17) is 0 Å². The van der Waals surface area contributed by atoms with E-state index in [9.17, 15) is 0 Å². The maximum atomic E-state index is 4.64. The van der Waals surface area contributed by atoms with Crippen LogP contribution in [0.4, 0.5) is 0 Å². The van der Waals surface area contributed by atoms with Crippen molar-refractivity contribution in [2.24, 2.45) is 0 Å². The molecule has 1 saturated heterocycles. The van der Waals surface area contributed by atoms with Crippen LogP contribution in [0.2, 0.25) is 0 Å². The lowest BCUT2D eigenvalue weighted by atomic mass is 9.85. The van der Waals surface area contributed by atoms with Crippen LogP contribution in [0.5, 0.6) is 0 Å². The summed E-state index contributed by atoms with van der Waals surface area (Å²) in [6.07, 6.45) is 8.66. The molecule has 1 heterocycles. The lowest BCUT2D eigenvalue weighted by Gasteiger charge is -2.48. The highest BCUT2D eigenvalue weighted by atomic mass is 15.3. The minimum absolute atomic E-state index is 0.120. The number of nitrogens with zero attached hydrogens (tertiary/aromatic N) is 2. The molecular formula is C22H46N4. The monoisotopic (exact) mass is 366 g/mol. The van der Waals surface area contributed by atoms with Gasteiger partial charge in [-0.1, -0.05) is 33.8 Å². The maximum absolute atomic E-state index is 4.64. The van der Waals surface area contributed by atoms with Gasteiger partial charge in [0.15, 0.2) is 0 Å². The zero-order valence-corrected chi connectivity index (χ0v) is 18.2. The van der Waals surface area contributed by atoms with Crippen molar-refractivity contribution in [2.75, 3.05) is 52.4 Å². The fourth-order valence-corrected chi connectivity index (χ4v) is 4.45. The molecule has 4 nitrogen and oxygen atoms in total. The molecule has 0 spiro atoms. The van der Waals surface area contributed by atoms with Crippen molar-refractivity contribution in [2.45, 2.75) is 78.2 Å². The van der Waals surface area contributed by atoms with Crippen LogP contribution in [0.1, 0.15) is 72.6 Å². The standard InChI is InChI=1S/C22H46N4/c1-6-22(7-2)21(5)25(8-3)19-14-12-16-24-18-17-23-15-11-10-13-20-26(22)9-4/h23-24H,5-20H2,1-4H3. The summed E-state index contributed by atoms with van der Waals surface area (Å²) in [5, 5.41) is 7.13. The van der Waals surface area contributed by atoms with Crippen molar-refractivity contribution >= 4 is 0 Å². The highest BCUT2D eigenvalue weighted by molar-refractivity contribution is 5.16. The first kappa shape index (κ1) is 23.5. The summed E-state index contributed by atoms with van der Waals surface area (Å²) in [5.41, 5.74) is 1.47. The van der Waals surface area contributed by atoms with Gasteiger partial charge >= 0.3 is 0 Å². The molecule has 4 heteroatoms. The highest BCUT2D eigenvalue weighted by Gasteiger charge is 2.37. The van der Waals surface area contributed by atoms with Crippen LogP contribution in [-0.4, -0.2) is 67.7 Å². The van der Waals surface area contributed by atoms with Crippen molar-refractivity contribution in [1.82, 2.24) is 20.4 Å². The minimum Gasteiger partial charge on any atom is -0.374 e. The smallest absolute Gasteiger partial charge is 0.0598 e. The molecule has 0 aromatic rings. The lowest BCUT2D eigenvalue weighted by molar-refractivity contribution is 0.0830. The molecule has 26 heavy (non-hydrogen) atoms. The molecule has 2 N–H and O–H groups in total. The largest absolute Gasteiger partial charge is 0.374 e. The SMILES string of the molecule is C=C1N(CC)CCCCNCCNCCCCCN(CC)C1(CC)CC. The maximum Gasteiger partial charge on any atom is 0.0598 e. The molecule has 0 atom stereocenters. The zero-order chi connectivity index (χ0) is 19.3. The van der Waals surface area contributed by atoms with E-state index >= 15 is 0 Å². The van der Waals surface area contributed by atoms with Crippen LogP contribution < -0.4 is 10.6 Å². The topological polar surface area (TPSA) is 30.5 Å². The zero-order valence-electron chi connectivity index (χ0n) is 18.2. The van der Waals surface area contributed by atoms with Crippen LogP contribution in [0.25, 0.3) is 0 Å². The van der Waals surface area contributed by atoms with Crippen molar-refractivity contribution in [3.05, 3.63) is 12.3 Å². The summed E-state index contributed by atoms with van der Waals surface area (Å²) < 4.78 is 0. The molecule has 0 amide bonds. The Hall–Kier alpha value is -0.580. The Morgan fingerprint density at radius 3 is 1.88 bits per heavy atom. The van der Waals surface area contributed by atoms with Gasteiger partial charge in [0.25, 0.3) is 0 Å². The minimum atomic E-state index is 0.120. The van der Waals surface area contributed by atoms with Gasteiger partial charge < -0.3 is 15.5 Å². The molecule has 0 saturated carbocycles. The first-order valence-electron chi connectivity index (χ1n) is 11.3. The van der Waals surface area contributed by atoms with E-state index in [-0.39, 0.29) is 5.54 Å². The third kappa shape index (κ3) is 6.86. The predicted octanol–water partition coefficient (Wildman–Crippen LogP) is 3.85. The van der Waals surface area contributed by atoms with Gasteiger partial charge in [-0.3, -0.25) is 4.90 Å². The fourth-order valence-electron chi connectivity index (χ4n) is 4.45. The summed E-state index contributed by atoms with van der Waals surface area (Å²) in [6.45, 7) is 22.9. The van der Waals surface area contributed by atoms with Crippen molar-refractivity contribution in [1.29, 1.82) is 0 Å². The summed E-state index contributed by atoms with van der Waals surface area (Å²) in [4.78, 5) is 5.26. The second-order valence-corrected chi connectivity index (χ2v) is 7.61. The average molecular weight is 367 g/mol. The normalized spacial score (nSPS) is 22.9. The van der Waals surface area contributed by atoms with Crippen molar-refractivity contribution < 1.29 is 0 Å². The van der Waals surface area contributed by atoms with Gasteiger partial charge in [-0.2, -0.15) is 0 Å². The molecule has 1 aliphatic rings. The van der Waals surface area contributed by atoms with Gasteiger partial charge in [0.1, 0.15) is 0 Å². The number of nitrogens with one attached hydrogen (secondary N) is 2. The van der Waals surface area contributed by atoms with E-state index in [1.807, 2.05) is 0 Å². The van der Waals surface area contributed by atoms with E-state index < -0.39 is 0 Å². The summed E-state index contributed by atoms with van der Waals surface area (Å²) >= 11 is 0. The molecule has 0 bridgehead atoms. The predicted molar refractivity (Wildman–Crippen MR) is 116 cm³/mol. The van der Waals surface area contributed by atoms with Crippen LogP contribution >= 0.6 is 0 Å². The highest BCUT2D eigenvalue weighted by Crippen LogP contribution is 2.33. The summed E-state index contributed by atoms with van der Waals surface area (Å²) in [6, 6.07) is 0. The molecule has 0 unspecified atom stereocenters. The quantitative estimate of drug-likeness (QED) is 0.791. The Morgan fingerprint density at radius 2 is 1.35 bits per heavy atom. The van der Waals surface area contributed by atoms with E-state index in [1.165, 1.54) is 44.3 Å². The van der Waals surface area contributed by atoms with Crippen LogP contribution in [-0.2, 0) is 0 Å². The molecule has 154 valence electrons. The average Bonchev–Trinajstić information content (AvgIpc) is 2.67. The van der Waals surface area contributed by atoms with Gasteiger partial charge in [0, 0.05) is 31.9 Å². The number of hydrogen-bond acceptors (Lipinski definition) is 4. The van der Waals surface area contributed by atoms with Gasteiger partial charge in [-0.15, -0.1) is 0 Å². The fraction of sp³-hybridized carbons (Fsp3) is 0.909. The lowest BCUT2D eigenvalue weighted by Crippen LogP contribution is -2.53. The van der Waals surface area contributed by atoms with Gasteiger partial charge in [-0.25, -0.2) is 0 Å². The number of rotatable bonds is 4. The Kier molecular flexibility index (Phi) is 12.2. The molecule has 0 aromatic carbocycles. The van der Waals surface area contributed by atoms with Crippen molar-refractivity contribution in [3.8, 4) is 0 Å². The van der Waals surface area contributed by atoms with Crippen molar-refractivity contribution in [3.63, 3.8) is 0 Å². The third-order valence-electron chi connectivity index (χ3n) is 6.25. The Balaban J connectivity index is 2.88. The summed E-state index contributed by atoms with van der Waals surface area (Å²) in [7, 11) is 0. The molecule has 1 aliphatic heterocycles. The van der Waals surface area contributed by atoms with E-state index in [0.717, 1.165) is 58.7 Å². The molecular weight excluding hydrogens is 320 g/mol. The van der Waals surface area contributed by atoms with E-state index in [1.54, 1.807) is 0 Å². The van der Waals surface area contributed by atoms with Crippen LogP contribution in [0.3, 0.4) is 0 Å². The van der Waals surface area contributed by atoms with Crippen LogP contribution in [0.15, 0.2) is 12.3 Å². The van der Waals surface area contributed by atoms with Gasteiger partial charge in [-0.05, 0) is 71.6 Å². The van der Waals surface area contributed by atoms with Gasteiger partial charge in [0.05, 0.1) is 5.54 Å². The summed E-state index contributed by atoms with van der Waals surface area (Å²) in [5.74, 6) is 0. The Labute approximate surface area is 163 Å². The molecule has 0 aromatic heterocycles. The third-order valence-corrected chi connectivity index (χ3v) is 6.25. The molecule has 0 aliphatic carbocycles. The number of likely N-dealkylation sites (N-methyl/N-ethyl adjacent to an activating group) is 2. The van der Waals surface area contributed by atoms with Gasteiger partial charge in [0.2, 0.25) is 0 Å². The number of hydrogen-bond donors (Lipinski definition) is 2. The molecule has 1 fully saturated rings.